The Morgan fingerprint density at radius 1 is 1.25 bits per heavy atom. The average molecular weight is 457 g/mol. The number of carbonyl (C=O) groups excluding carboxylic acids is 1. The summed E-state index contributed by atoms with van der Waals surface area (Å²) in [6, 6.07) is 1.17. The number of hydrogen-bond donors (Lipinski definition) is 2. The molecular weight excluding hydrogens is 436 g/mol. The third-order valence-electron chi connectivity index (χ3n) is 4.62. The number of hydrogen-bond acceptors (Lipinski definition) is 9. The zero-order valence-corrected chi connectivity index (χ0v) is 18.9. The molecule has 0 spiro atoms. The molecule has 32 heavy (non-hydrogen) atoms. The van der Waals surface area contributed by atoms with Crippen LogP contribution in [0.2, 0.25) is 5.02 Å². The Labute approximate surface area is 188 Å². The number of H-pyrrole nitrogens is 1. The fourth-order valence-electron chi connectivity index (χ4n) is 2.89. The third kappa shape index (κ3) is 4.11. The first-order chi connectivity index (χ1) is 15.2. The van der Waals surface area contributed by atoms with E-state index in [1.807, 2.05) is 20.8 Å². The number of rotatable bonds is 5. The number of ether oxygens (including phenoxy) is 1. The normalized spacial score (nSPS) is 12.7. The number of aromatic amines is 1. The van der Waals surface area contributed by atoms with E-state index < -0.39 is 11.9 Å². The molecule has 1 amide bonds. The van der Waals surface area contributed by atoms with Gasteiger partial charge >= 0.3 is 0 Å². The van der Waals surface area contributed by atoms with E-state index in [0.717, 1.165) is 0 Å². The monoisotopic (exact) mass is 456 g/mol. The molecule has 12 heteroatoms. The van der Waals surface area contributed by atoms with Crippen molar-refractivity contribution in [2.75, 3.05) is 7.11 Å². The second-order valence-electron chi connectivity index (χ2n) is 8.12. The molecule has 0 fully saturated rings. The molecule has 4 rings (SSSR count). The molecule has 4 aromatic rings. The van der Waals surface area contributed by atoms with Crippen molar-refractivity contribution in [3.05, 3.63) is 40.9 Å². The Kier molecular flexibility index (Phi) is 5.51. The largest absolute Gasteiger partial charge is 0.480 e. The lowest BCUT2D eigenvalue weighted by molar-refractivity contribution is 0.0928. The summed E-state index contributed by atoms with van der Waals surface area (Å²) < 4.78 is 10.4. The maximum absolute atomic E-state index is 12.6. The predicted octanol–water partition coefficient (Wildman–Crippen LogP) is 3.25. The minimum atomic E-state index is -0.516. The van der Waals surface area contributed by atoms with Crippen LogP contribution in [0.3, 0.4) is 0 Å². The van der Waals surface area contributed by atoms with Gasteiger partial charge in [-0.1, -0.05) is 37.5 Å². The third-order valence-corrected chi connectivity index (χ3v) is 4.96. The summed E-state index contributed by atoms with van der Waals surface area (Å²) in [6.45, 7) is 7.85. The Morgan fingerprint density at radius 3 is 2.75 bits per heavy atom. The maximum atomic E-state index is 12.6. The highest BCUT2D eigenvalue weighted by Crippen LogP contribution is 2.26. The fraction of sp³-hybridized carbons (Fsp3) is 0.350. The first kappa shape index (κ1) is 21.6. The highest BCUT2D eigenvalue weighted by molar-refractivity contribution is 6.34. The average Bonchev–Trinajstić information content (AvgIpc) is 3.39. The molecule has 0 unspecified atom stereocenters. The minimum Gasteiger partial charge on any atom is -0.480 e. The summed E-state index contributed by atoms with van der Waals surface area (Å²) in [6.07, 6.45) is 2.90. The Morgan fingerprint density at radius 2 is 2.03 bits per heavy atom. The first-order valence-corrected chi connectivity index (χ1v) is 10.1. The van der Waals surface area contributed by atoms with Crippen LogP contribution < -0.4 is 10.1 Å². The molecule has 1 atom stereocenters. The smallest absolute Gasteiger partial charge is 0.272 e. The number of amides is 1. The van der Waals surface area contributed by atoms with Crippen molar-refractivity contribution in [3.8, 4) is 17.4 Å². The van der Waals surface area contributed by atoms with Crippen LogP contribution in [-0.4, -0.2) is 48.1 Å². The van der Waals surface area contributed by atoms with E-state index in [0.29, 0.717) is 34.3 Å². The zero-order chi connectivity index (χ0) is 23.0. The number of imidazole rings is 1. The molecule has 0 saturated heterocycles. The van der Waals surface area contributed by atoms with Crippen molar-refractivity contribution in [1.82, 2.24) is 40.4 Å². The van der Waals surface area contributed by atoms with E-state index in [4.69, 9.17) is 20.9 Å². The van der Waals surface area contributed by atoms with Gasteiger partial charge in [0.25, 0.3) is 5.91 Å². The van der Waals surface area contributed by atoms with Gasteiger partial charge in [0.2, 0.25) is 5.88 Å². The van der Waals surface area contributed by atoms with E-state index in [1.54, 1.807) is 19.2 Å². The molecule has 2 N–H and O–H groups in total. The fourth-order valence-corrected chi connectivity index (χ4v) is 3.15. The molecule has 4 heterocycles. The number of nitrogens with zero attached hydrogens (tertiary/aromatic N) is 6. The van der Waals surface area contributed by atoms with Crippen molar-refractivity contribution >= 4 is 28.7 Å². The Bertz CT molecular complexity index is 1290. The van der Waals surface area contributed by atoms with E-state index in [-0.39, 0.29) is 22.0 Å². The van der Waals surface area contributed by atoms with Crippen LogP contribution in [0, 0.1) is 0 Å². The summed E-state index contributed by atoms with van der Waals surface area (Å²) in [5.74, 6) is 1.21. The quantitative estimate of drug-likeness (QED) is 0.462. The topological polar surface area (TPSA) is 145 Å². The van der Waals surface area contributed by atoms with Crippen LogP contribution in [0.15, 0.2) is 23.1 Å². The summed E-state index contributed by atoms with van der Waals surface area (Å²) in [7, 11) is 1.40. The Balaban J connectivity index is 1.54. The molecule has 0 aliphatic heterocycles. The van der Waals surface area contributed by atoms with Gasteiger partial charge in [-0.15, -0.1) is 0 Å². The van der Waals surface area contributed by atoms with Gasteiger partial charge in [-0.2, -0.15) is 0 Å². The molecule has 11 nitrogen and oxygen atoms in total. The number of carbonyl (C=O) groups is 1. The van der Waals surface area contributed by atoms with Gasteiger partial charge in [0, 0.05) is 11.5 Å². The van der Waals surface area contributed by atoms with E-state index in [1.165, 1.54) is 13.4 Å². The molecule has 0 saturated carbocycles. The minimum absolute atomic E-state index is 0.00406. The van der Waals surface area contributed by atoms with Crippen molar-refractivity contribution in [1.29, 1.82) is 0 Å². The number of nitrogens with one attached hydrogen (secondary N) is 2. The highest BCUT2D eigenvalue weighted by atomic mass is 35.5. The molecule has 4 aromatic heterocycles. The van der Waals surface area contributed by atoms with Crippen molar-refractivity contribution in [2.24, 2.45) is 0 Å². The second-order valence-corrected chi connectivity index (χ2v) is 8.50. The molecular formula is C20H21ClN8O3. The van der Waals surface area contributed by atoms with Gasteiger partial charge < -0.3 is 19.6 Å². The van der Waals surface area contributed by atoms with Crippen LogP contribution in [0.25, 0.3) is 22.7 Å². The summed E-state index contributed by atoms with van der Waals surface area (Å²) in [5, 5.41) is 6.85. The molecule has 0 aliphatic rings. The lowest BCUT2D eigenvalue weighted by atomic mass is 9.96. The first-order valence-electron chi connectivity index (χ1n) is 9.73. The van der Waals surface area contributed by atoms with Crippen LogP contribution in [0.4, 0.5) is 0 Å². The molecule has 0 radical (unpaired) electrons. The SMILES string of the molecule is COc1ncnc(C(=O)N[C@H](C)c2cc(-c3nc4nc(C(C)(C)C)ncc4[nH]3)no2)c1Cl. The van der Waals surface area contributed by atoms with Crippen molar-refractivity contribution < 1.29 is 14.1 Å². The standard InChI is InChI=1S/C20H21ClN8O3/c1-9(25-17(30)14-13(21)18(31-5)24-8-23-14)12-6-10(29-32-12)15-26-11-7-22-19(20(2,3)4)28-16(11)27-15/h6-9H,1-5H3,(H,25,30)(H,22,26,27,28)/t9-/m1/s1. The molecule has 166 valence electrons. The van der Waals surface area contributed by atoms with E-state index >= 15 is 0 Å². The van der Waals surface area contributed by atoms with Gasteiger partial charge in [-0.3, -0.25) is 4.79 Å². The van der Waals surface area contributed by atoms with Crippen LogP contribution >= 0.6 is 11.6 Å². The van der Waals surface area contributed by atoms with Gasteiger partial charge in [0.15, 0.2) is 22.9 Å². The lowest BCUT2D eigenvalue weighted by Crippen LogP contribution is -2.27. The van der Waals surface area contributed by atoms with Gasteiger partial charge in [0.1, 0.15) is 28.4 Å². The van der Waals surface area contributed by atoms with Crippen molar-refractivity contribution in [2.45, 2.75) is 39.2 Å². The molecule has 0 aromatic carbocycles. The van der Waals surface area contributed by atoms with Gasteiger partial charge in [-0.05, 0) is 6.92 Å². The predicted molar refractivity (Wildman–Crippen MR) is 115 cm³/mol. The van der Waals surface area contributed by atoms with E-state index in [9.17, 15) is 4.79 Å². The van der Waals surface area contributed by atoms with Crippen LogP contribution in [-0.2, 0) is 5.41 Å². The highest BCUT2D eigenvalue weighted by Gasteiger charge is 2.23. The lowest BCUT2D eigenvalue weighted by Gasteiger charge is -2.15. The Hall–Kier alpha value is -3.60. The number of methoxy groups -OCH3 is 1. The summed E-state index contributed by atoms with van der Waals surface area (Å²) in [5.41, 5.74) is 1.50. The summed E-state index contributed by atoms with van der Waals surface area (Å²) in [4.78, 5) is 36.9. The van der Waals surface area contributed by atoms with Crippen molar-refractivity contribution in [3.63, 3.8) is 0 Å². The molecule has 0 bridgehead atoms. The molecule has 0 aliphatic carbocycles. The van der Waals surface area contributed by atoms with Crippen LogP contribution in [0.1, 0.15) is 55.8 Å². The van der Waals surface area contributed by atoms with Crippen LogP contribution in [0.5, 0.6) is 5.88 Å². The van der Waals surface area contributed by atoms with E-state index in [2.05, 4.69) is 40.4 Å². The zero-order valence-electron chi connectivity index (χ0n) is 18.1. The summed E-state index contributed by atoms with van der Waals surface area (Å²) >= 11 is 6.13. The second kappa shape index (κ2) is 8.15. The number of aromatic nitrogens is 7. The van der Waals surface area contributed by atoms with Gasteiger partial charge in [0.05, 0.1) is 19.3 Å². The number of halogens is 1. The maximum Gasteiger partial charge on any atom is 0.272 e. The number of fused-ring (bicyclic) bond motifs is 1. The van der Waals surface area contributed by atoms with Gasteiger partial charge in [-0.25, -0.2) is 24.9 Å².